The van der Waals surface area contributed by atoms with Crippen molar-refractivity contribution in [3.8, 4) is 17.0 Å². The van der Waals surface area contributed by atoms with Gasteiger partial charge in [0, 0.05) is 12.2 Å². The molecule has 1 aliphatic carbocycles. The number of benzene rings is 1. The van der Waals surface area contributed by atoms with E-state index in [0.29, 0.717) is 29.5 Å². The molecule has 2 amide bonds. The number of likely N-dealkylation sites (tertiary alicyclic amines) is 1. The molecule has 9 nitrogen and oxygen atoms in total. The molecule has 1 unspecified atom stereocenters. The number of carbonyl (C=O) groups excluding carboxylic acids is 2. The summed E-state index contributed by atoms with van der Waals surface area (Å²) in [4.78, 5) is 37.6. The number of hydrogen-bond donors (Lipinski definition) is 3. The molecule has 2 fully saturated rings. The first-order valence-electron chi connectivity index (χ1n) is 12.4. The smallest absolute Gasteiger partial charge is 0.286 e. The van der Waals surface area contributed by atoms with Gasteiger partial charge in [0.1, 0.15) is 41.3 Å². The van der Waals surface area contributed by atoms with Gasteiger partial charge in [0.2, 0.25) is 0 Å². The Kier molecular flexibility index (Phi) is 6.54. The maximum absolute atomic E-state index is 15.4. The van der Waals surface area contributed by atoms with Crippen LogP contribution in [0.2, 0.25) is 0 Å². The molecule has 1 aliphatic heterocycles. The van der Waals surface area contributed by atoms with Gasteiger partial charge in [-0.1, -0.05) is 6.07 Å². The molecule has 1 saturated carbocycles. The molecule has 1 saturated heterocycles. The zero-order valence-corrected chi connectivity index (χ0v) is 21.1. The number of rotatable bonds is 7. The van der Waals surface area contributed by atoms with Gasteiger partial charge in [0.25, 0.3) is 17.7 Å². The second-order valence-electron chi connectivity index (χ2n) is 10.1. The predicted octanol–water partition coefficient (Wildman–Crippen LogP) is 3.13. The van der Waals surface area contributed by atoms with Crippen molar-refractivity contribution in [3.05, 3.63) is 41.1 Å². The Hall–Kier alpha value is -3.67. The van der Waals surface area contributed by atoms with E-state index in [1.807, 2.05) is 0 Å². The predicted molar refractivity (Wildman–Crippen MR) is 131 cm³/mol. The fourth-order valence-corrected chi connectivity index (χ4v) is 4.68. The molecule has 2 aromatic heterocycles. The van der Waals surface area contributed by atoms with Crippen LogP contribution in [0.5, 0.6) is 5.75 Å². The quantitative estimate of drug-likeness (QED) is 0.431. The Morgan fingerprint density at radius 1 is 1.29 bits per heavy atom. The van der Waals surface area contributed by atoms with Crippen LogP contribution in [0.15, 0.2) is 18.5 Å². The number of aliphatic hydroxyl groups is 1. The normalized spacial score (nSPS) is 19.6. The number of aliphatic hydroxyl groups excluding tert-OH is 1. The van der Waals surface area contributed by atoms with Crippen LogP contribution < -0.4 is 10.1 Å². The number of fused-ring (bicyclic) bond motifs is 1. The third-order valence-corrected chi connectivity index (χ3v) is 6.99. The lowest BCUT2D eigenvalue weighted by atomic mass is 10.0. The maximum Gasteiger partial charge on any atom is 0.286 e. The zero-order chi connectivity index (χ0) is 27.4. The molecule has 202 valence electrons. The molecule has 38 heavy (non-hydrogen) atoms. The fraction of sp³-hybridized carbons (Fsp3) is 0.462. The Balaban J connectivity index is 1.49. The summed E-state index contributed by atoms with van der Waals surface area (Å²) in [5.74, 6) is -4.86. The Labute approximate surface area is 216 Å². The van der Waals surface area contributed by atoms with Gasteiger partial charge < -0.3 is 25.0 Å². The molecule has 0 spiro atoms. The summed E-state index contributed by atoms with van der Waals surface area (Å²) in [7, 11) is 0. The van der Waals surface area contributed by atoms with Crippen molar-refractivity contribution in [1.82, 2.24) is 25.2 Å². The summed E-state index contributed by atoms with van der Waals surface area (Å²) in [6, 6.07) is 1.63. The highest BCUT2D eigenvalue weighted by Crippen LogP contribution is 2.39. The number of aromatic nitrogens is 3. The van der Waals surface area contributed by atoms with E-state index in [1.165, 1.54) is 13.3 Å². The number of ether oxygens (including phenoxy) is 1. The number of aromatic amines is 1. The maximum atomic E-state index is 15.4. The van der Waals surface area contributed by atoms with E-state index < -0.39 is 48.8 Å². The van der Waals surface area contributed by atoms with Gasteiger partial charge in [0.15, 0.2) is 0 Å². The molecular formula is C26H28F3N5O4. The number of alkyl halides is 2. The lowest BCUT2D eigenvalue weighted by molar-refractivity contribution is -0.139. The summed E-state index contributed by atoms with van der Waals surface area (Å²) in [6.45, 7) is 3.46. The summed E-state index contributed by atoms with van der Waals surface area (Å²) in [6.07, 6.45) is 1.86. The van der Waals surface area contributed by atoms with Crippen LogP contribution in [0.1, 0.15) is 41.4 Å². The van der Waals surface area contributed by atoms with Crippen LogP contribution in [0, 0.1) is 25.6 Å². The van der Waals surface area contributed by atoms with E-state index in [0.717, 1.165) is 17.7 Å². The van der Waals surface area contributed by atoms with Crippen molar-refractivity contribution in [3.63, 3.8) is 0 Å². The minimum atomic E-state index is -3.40. The van der Waals surface area contributed by atoms with Crippen molar-refractivity contribution in [1.29, 1.82) is 0 Å². The standard InChI is InChI=1S/C26H28F3N5O4/c1-12-4-7-16(38-9-15-5-6-15)19(20(12)27)22-23-21(30-11-31-22)18(13(2)32-23)24(36)33-17-8-34(10-26(17,28)29)25(37)14(3)35/h4,7,11,14-15,17,32,35H,5-6,8-10H2,1-3H3,(H,33,36)/t14-,17?/m0/s1. The van der Waals surface area contributed by atoms with Crippen LogP contribution >= 0.6 is 0 Å². The van der Waals surface area contributed by atoms with E-state index >= 15 is 4.39 Å². The van der Waals surface area contributed by atoms with E-state index in [4.69, 9.17) is 4.74 Å². The number of amides is 2. The Morgan fingerprint density at radius 3 is 2.71 bits per heavy atom. The number of nitrogens with one attached hydrogen (secondary N) is 2. The van der Waals surface area contributed by atoms with Crippen molar-refractivity contribution in [2.45, 2.75) is 51.7 Å². The van der Waals surface area contributed by atoms with E-state index in [-0.39, 0.29) is 27.9 Å². The lowest BCUT2D eigenvalue weighted by Crippen LogP contribution is -2.47. The number of halogens is 3. The highest BCUT2D eigenvalue weighted by Gasteiger charge is 2.51. The monoisotopic (exact) mass is 531 g/mol. The number of nitrogens with zero attached hydrogens (tertiary/aromatic N) is 3. The average molecular weight is 532 g/mol. The van der Waals surface area contributed by atoms with E-state index in [1.54, 1.807) is 26.0 Å². The minimum Gasteiger partial charge on any atom is -0.492 e. The Bertz CT molecular complexity index is 1420. The summed E-state index contributed by atoms with van der Waals surface area (Å²) >= 11 is 0. The number of H-pyrrole nitrogens is 1. The van der Waals surface area contributed by atoms with Gasteiger partial charge in [-0.2, -0.15) is 0 Å². The molecule has 3 N–H and O–H groups in total. The Morgan fingerprint density at radius 2 is 2.03 bits per heavy atom. The molecule has 0 radical (unpaired) electrons. The van der Waals surface area contributed by atoms with Crippen molar-refractivity contribution in [2.75, 3.05) is 19.7 Å². The second kappa shape index (κ2) is 9.57. The topological polar surface area (TPSA) is 120 Å². The summed E-state index contributed by atoms with van der Waals surface area (Å²) in [5.41, 5.74) is 1.42. The molecule has 5 rings (SSSR count). The van der Waals surface area contributed by atoms with Gasteiger partial charge in [0.05, 0.1) is 29.8 Å². The van der Waals surface area contributed by atoms with Crippen LogP contribution in [-0.2, 0) is 4.79 Å². The molecule has 0 bridgehead atoms. The first-order chi connectivity index (χ1) is 18.0. The van der Waals surface area contributed by atoms with Gasteiger partial charge >= 0.3 is 0 Å². The third-order valence-electron chi connectivity index (χ3n) is 6.99. The zero-order valence-electron chi connectivity index (χ0n) is 21.1. The van der Waals surface area contributed by atoms with Crippen molar-refractivity contribution < 1.29 is 32.6 Å². The first-order valence-corrected chi connectivity index (χ1v) is 12.4. The molecule has 1 aromatic carbocycles. The summed E-state index contributed by atoms with van der Waals surface area (Å²) in [5, 5.41) is 11.8. The number of hydrogen-bond acceptors (Lipinski definition) is 6. The van der Waals surface area contributed by atoms with Gasteiger partial charge in [-0.05, 0) is 51.2 Å². The molecule has 3 aromatic rings. The van der Waals surface area contributed by atoms with Crippen LogP contribution in [0.4, 0.5) is 13.2 Å². The minimum absolute atomic E-state index is 0.00765. The van der Waals surface area contributed by atoms with Gasteiger partial charge in [-0.15, -0.1) is 0 Å². The van der Waals surface area contributed by atoms with E-state index in [9.17, 15) is 23.5 Å². The molecule has 12 heteroatoms. The number of aryl methyl sites for hydroxylation is 2. The fourth-order valence-electron chi connectivity index (χ4n) is 4.68. The third kappa shape index (κ3) is 4.68. The molecular weight excluding hydrogens is 503 g/mol. The van der Waals surface area contributed by atoms with Crippen LogP contribution in [0.3, 0.4) is 0 Å². The van der Waals surface area contributed by atoms with Crippen molar-refractivity contribution >= 4 is 22.8 Å². The van der Waals surface area contributed by atoms with E-state index in [2.05, 4.69) is 20.3 Å². The SMILES string of the molecule is Cc1ccc(OCC2CC2)c(-c2ncnc3c(C(=O)NC4CN(C(=O)[C@H](C)O)CC4(F)F)c(C)[nH]c23)c1F. The average Bonchev–Trinajstić information content (AvgIpc) is 3.55. The van der Waals surface area contributed by atoms with Crippen LogP contribution in [-0.4, -0.2) is 74.5 Å². The first kappa shape index (κ1) is 26.0. The largest absolute Gasteiger partial charge is 0.492 e. The van der Waals surface area contributed by atoms with Crippen LogP contribution in [0.25, 0.3) is 22.3 Å². The second-order valence-corrected chi connectivity index (χ2v) is 10.1. The highest BCUT2D eigenvalue weighted by atomic mass is 19.3. The molecule has 3 heterocycles. The molecule has 2 aliphatic rings. The van der Waals surface area contributed by atoms with Gasteiger partial charge in [-0.25, -0.2) is 23.1 Å². The van der Waals surface area contributed by atoms with Crippen molar-refractivity contribution in [2.24, 2.45) is 5.92 Å². The molecule has 2 atom stereocenters. The lowest BCUT2D eigenvalue weighted by Gasteiger charge is -2.18. The number of carbonyl (C=O) groups is 2. The summed E-state index contributed by atoms with van der Waals surface area (Å²) < 4.78 is 50.7. The highest BCUT2D eigenvalue weighted by molar-refractivity contribution is 6.09. The van der Waals surface area contributed by atoms with Gasteiger partial charge in [-0.3, -0.25) is 9.59 Å².